The summed E-state index contributed by atoms with van der Waals surface area (Å²) in [6.45, 7) is 3.87. The maximum Gasteiger partial charge on any atom is 0.170 e. The summed E-state index contributed by atoms with van der Waals surface area (Å²) in [5.74, 6) is -1.23. The van der Waals surface area contributed by atoms with Crippen molar-refractivity contribution in [3.63, 3.8) is 0 Å². The van der Waals surface area contributed by atoms with Crippen LogP contribution in [0.25, 0.3) is 0 Å². The second-order valence-electron chi connectivity index (χ2n) is 6.85. The van der Waals surface area contributed by atoms with Crippen LogP contribution in [0.2, 0.25) is 0 Å². The summed E-state index contributed by atoms with van der Waals surface area (Å²) in [5.41, 5.74) is 2.32. The van der Waals surface area contributed by atoms with Gasteiger partial charge >= 0.3 is 0 Å². The molecule has 26 heavy (non-hydrogen) atoms. The van der Waals surface area contributed by atoms with Gasteiger partial charge in [-0.3, -0.25) is 4.90 Å². The van der Waals surface area contributed by atoms with Gasteiger partial charge in [-0.25, -0.2) is 8.78 Å². The molecule has 0 aromatic heterocycles. The highest BCUT2D eigenvalue weighted by Crippen LogP contribution is 2.41. The molecule has 1 aliphatic carbocycles. The molecule has 0 saturated carbocycles. The Labute approximate surface area is 160 Å². The average Bonchev–Trinajstić information content (AvgIpc) is 2.78. The summed E-state index contributed by atoms with van der Waals surface area (Å²) in [5, 5.41) is 3.42. The van der Waals surface area contributed by atoms with Gasteiger partial charge < -0.3 is 10.1 Å². The predicted octanol–water partition coefficient (Wildman–Crippen LogP) is 4.07. The fraction of sp³-hybridized carbons (Fsp3) is 0.400. The number of nitrogens with zero attached hydrogens (tertiary/aromatic N) is 1. The predicted molar refractivity (Wildman–Crippen MR) is 100 cm³/mol. The maximum atomic E-state index is 14.4. The van der Waals surface area contributed by atoms with Crippen molar-refractivity contribution >= 4 is 15.9 Å². The summed E-state index contributed by atoms with van der Waals surface area (Å²) in [7, 11) is 0. The number of nitrogens with one attached hydrogen (secondary N) is 1. The van der Waals surface area contributed by atoms with E-state index in [0.29, 0.717) is 4.47 Å². The highest BCUT2D eigenvalue weighted by molar-refractivity contribution is 9.10. The molecule has 1 N–H and O–H groups in total. The van der Waals surface area contributed by atoms with Gasteiger partial charge in [0.25, 0.3) is 0 Å². The van der Waals surface area contributed by atoms with Crippen molar-refractivity contribution in [1.29, 1.82) is 0 Å². The number of rotatable bonds is 3. The van der Waals surface area contributed by atoms with Crippen molar-refractivity contribution in [1.82, 2.24) is 10.2 Å². The van der Waals surface area contributed by atoms with Gasteiger partial charge in [0.2, 0.25) is 0 Å². The van der Waals surface area contributed by atoms with E-state index in [1.807, 2.05) is 18.2 Å². The zero-order chi connectivity index (χ0) is 18.1. The monoisotopic (exact) mass is 422 g/mol. The molecule has 4 rings (SSSR count). The minimum atomic E-state index is -0.683. The molecule has 2 atom stereocenters. The molecule has 138 valence electrons. The first kappa shape index (κ1) is 17.9. The average molecular weight is 423 g/mol. The summed E-state index contributed by atoms with van der Waals surface area (Å²) in [6.07, 6.45) is 1.68. The second kappa shape index (κ2) is 7.62. The molecule has 2 aromatic rings. The van der Waals surface area contributed by atoms with Crippen LogP contribution in [0.4, 0.5) is 8.78 Å². The Balaban J connectivity index is 1.68. The number of fused-ring (bicyclic) bond motifs is 1. The highest BCUT2D eigenvalue weighted by Gasteiger charge is 2.38. The number of halogens is 3. The van der Waals surface area contributed by atoms with Gasteiger partial charge in [0.15, 0.2) is 11.6 Å². The molecule has 1 saturated heterocycles. The van der Waals surface area contributed by atoms with E-state index in [0.717, 1.165) is 50.7 Å². The Morgan fingerprint density at radius 2 is 1.96 bits per heavy atom. The molecule has 2 aromatic carbocycles. The summed E-state index contributed by atoms with van der Waals surface area (Å²) in [6, 6.07) is 10.4. The lowest BCUT2D eigenvalue weighted by Crippen LogP contribution is -2.42. The number of benzene rings is 2. The Morgan fingerprint density at radius 1 is 1.12 bits per heavy atom. The van der Waals surface area contributed by atoms with E-state index in [4.69, 9.17) is 4.74 Å². The van der Waals surface area contributed by atoms with E-state index >= 15 is 0 Å². The molecule has 1 fully saturated rings. The van der Waals surface area contributed by atoms with Crippen molar-refractivity contribution in [3.8, 4) is 5.75 Å². The van der Waals surface area contributed by atoms with E-state index in [1.165, 1.54) is 11.6 Å². The SMILES string of the molecule is Fc1cc(F)c(O[C@H]2c3ccccc3C[C@H]2N2CCCNCC2)c(Br)c1. The molecule has 0 unspecified atom stereocenters. The molecular formula is C20H21BrF2N2O. The van der Waals surface area contributed by atoms with E-state index < -0.39 is 11.6 Å². The normalized spacial score (nSPS) is 23.5. The lowest BCUT2D eigenvalue weighted by Gasteiger charge is -2.32. The molecule has 2 aliphatic rings. The van der Waals surface area contributed by atoms with Crippen molar-refractivity contribution < 1.29 is 13.5 Å². The molecule has 0 bridgehead atoms. The van der Waals surface area contributed by atoms with Crippen LogP contribution in [0.15, 0.2) is 40.9 Å². The van der Waals surface area contributed by atoms with Crippen molar-refractivity contribution in [3.05, 3.63) is 63.6 Å². The smallest absolute Gasteiger partial charge is 0.170 e. The molecule has 0 spiro atoms. The number of hydrogen-bond donors (Lipinski definition) is 1. The maximum absolute atomic E-state index is 14.4. The first-order chi connectivity index (χ1) is 12.6. The fourth-order valence-corrected chi connectivity index (χ4v) is 4.47. The fourth-order valence-electron chi connectivity index (χ4n) is 3.97. The van der Waals surface area contributed by atoms with Crippen LogP contribution in [0, 0.1) is 11.6 Å². The molecule has 6 heteroatoms. The van der Waals surface area contributed by atoms with Crippen LogP contribution in [0.5, 0.6) is 5.75 Å². The van der Waals surface area contributed by atoms with Gasteiger partial charge in [-0.1, -0.05) is 24.3 Å². The zero-order valence-corrected chi connectivity index (χ0v) is 15.9. The molecule has 0 amide bonds. The van der Waals surface area contributed by atoms with Crippen molar-refractivity contribution in [2.24, 2.45) is 0 Å². The third-order valence-electron chi connectivity index (χ3n) is 5.19. The quantitative estimate of drug-likeness (QED) is 0.806. The van der Waals surface area contributed by atoms with Crippen LogP contribution in [0.1, 0.15) is 23.7 Å². The van der Waals surface area contributed by atoms with E-state index in [1.54, 1.807) is 0 Å². The standard InChI is InChI=1S/C20H21BrF2N2O/c21-16-11-14(22)12-17(23)20(16)26-19-15-5-2-1-4-13(15)10-18(19)25-8-3-6-24-7-9-25/h1-2,4-5,11-12,18-19,24H,3,6-10H2/t18-,19+/m1/s1. The van der Waals surface area contributed by atoms with Crippen LogP contribution in [-0.4, -0.2) is 37.1 Å². The van der Waals surface area contributed by atoms with Gasteiger partial charge in [-0.05, 0) is 59.1 Å². The van der Waals surface area contributed by atoms with Crippen molar-refractivity contribution in [2.45, 2.75) is 25.0 Å². The van der Waals surface area contributed by atoms with Crippen LogP contribution in [0.3, 0.4) is 0 Å². The van der Waals surface area contributed by atoms with E-state index in [2.05, 4.69) is 32.2 Å². The van der Waals surface area contributed by atoms with Gasteiger partial charge in [-0.2, -0.15) is 0 Å². The van der Waals surface area contributed by atoms with Crippen LogP contribution >= 0.6 is 15.9 Å². The lowest BCUT2D eigenvalue weighted by molar-refractivity contribution is 0.0784. The zero-order valence-electron chi connectivity index (χ0n) is 14.4. The summed E-state index contributed by atoms with van der Waals surface area (Å²) >= 11 is 3.25. The second-order valence-corrected chi connectivity index (χ2v) is 7.70. The lowest BCUT2D eigenvalue weighted by atomic mass is 10.1. The van der Waals surface area contributed by atoms with E-state index in [9.17, 15) is 8.78 Å². The molecule has 1 heterocycles. The van der Waals surface area contributed by atoms with Gasteiger partial charge in [0.1, 0.15) is 11.9 Å². The highest BCUT2D eigenvalue weighted by atomic mass is 79.9. The van der Waals surface area contributed by atoms with Gasteiger partial charge in [0, 0.05) is 19.2 Å². The Bertz CT molecular complexity index is 770. The topological polar surface area (TPSA) is 24.5 Å². The number of hydrogen-bond acceptors (Lipinski definition) is 3. The molecular weight excluding hydrogens is 402 g/mol. The minimum Gasteiger partial charge on any atom is -0.480 e. The third-order valence-corrected chi connectivity index (χ3v) is 5.78. The van der Waals surface area contributed by atoms with Gasteiger partial charge in [0.05, 0.1) is 10.5 Å². The molecule has 3 nitrogen and oxygen atoms in total. The minimum absolute atomic E-state index is 0.0750. The molecule has 1 aliphatic heterocycles. The van der Waals surface area contributed by atoms with Crippen molar-refractivity contribution in [2.75, 3.05) is 26.2 Å². The van der Waals surface area contributed by atoms with Gasteiger partial charge in [-0.15, -0.1) is 0 Å². The Kier molecular flexibility index (Phi) is 5.25. The van der Waals surface area contributed by atoms with E-state index in [-0.39, 0.29) is 17.9 Å². The van der Waals surface area contributed by atoms with Crippen LogP contribution in [-0.2, 0) is 6.42 Å². The number of ether oxygens (including phenoxy) is 1. The Morgan fingerprint density at radius 3 is 2.81 bits per heavy atom. The Hall–Kier alpha value is -1.50. The summed E-state index contributed by atoms with van der Waals surface area (Å²) < 4.78 is 34.3. The first-order valence-corrected chi connectivity index (χ1v) is 9.76. The molecule has 0 radical (unpaired) electrons. The summed E-state index contributed by atoms with van der Waals surface area (Å²) in [4.78, 5) is 2.43. The van der Waals surface area contributed by atoms with Crippen LogP contribution < -0.4 is 10.1 Å². The largest absolute Gasteiger partial charge is 0.480 e. The first-order valence-electron chi connectivity index (χ1n) is 8.97. The third kappa shape index (κ3) is 3.50.